The van der Waals surface area contributed by atoms with Gasteiger partial charge in [0, 0.05) is 0 Å². The number of halogens is 1. The maximum Gasteiger partial charge on any atom is 0.0602 e. The molecule has 0 spiro atoms. The van der Waals surface area contributed by atoms with Crippen LogP contribution in [0.1, 0.15) is 33.6 Å². The molecule has 1 fully saturated rings. The normalized spacial score (nSPS) is 29.0. The van der Waals surface area contributed by atoms with Gasteiger partial charge in [0.15, 0.2) is 0 Å². The third-order valence-electron chi connectivity index (χ3n) is 2.05. The van der Waals surface area contributed by atoms with E-state index in [2.05, 4.69) is 20.8 Å². The van der Waals surface area contributed by atoms with Crippen LogP contribution in [0.15, 0.2) is 0 Å². The second kappa shape index (κ2) is 4.45. The van der Waals surface area contributed by atoms with Crippen LogP contribution in [0.4, 0.5) is 0 Å². The molecule has 0 aliphatic heterocycles. The van der Waals surface area contributed by atoms with Crippen LogP contribution in [-0.2, 0) is 4.74 Å². The van der Waals surface area contributed by atoms with E-state index < -0.39 is 0 Å². The fraction of sp³-hybridized carbons (Fsp3) is 1.00. The molecule has 2 nitrogen and oxygen atoms in total. The SMILES string of the molecule is CC(C)(C)OC1CC(CN)C1.Cl. The Kier molecular flexibility index (Phi) is 4.53. The van der Waals surface area contributed by atoms with Crippen LogP contribution in [0.25, 0.3) is 0 Å². The monoisotopic (exact) mass is 193 g/mol. The van der Waals surface area contributed by atoms with Gasteiger partial charge in [0.1, 0.15) is 0 Å². The topological polar surface area (TPSA) is 35.2 Å². The predicted octanol–water partition coefficient (Wildman–Crippen LogP) is 1.96. The second-order valence-electron chi connectivity index (χ2n) is 4.43. The van der Waals surface area contributed by atoms with Gasteiger partial charge in [-0.1, -0.05) is 0 Å². The van der Waals surface area contributed by atoms with Gasteiger partial charge < -0.3 is 10.5 Å². The summed E-state index contributed by atoms with van der Waals surface area (Å²) in [5.74, 6) is 0.724. The quantitative estimate of drug-likeness (QED) is 0.728. The van der Waals surface area contributed by atoms with Crippen molar-refractivity contribution in [1.82, 2.24) is 0 Å². The molecule has 1 aliphatic carbocycles. The van der Waals surface area contributed by atoms with Crippen molar-refractivity contribution in [2.45, 2.75) is 45.3 Å². The molecule has 0 aromatic carbocycles. The second-order valence-corrected chi connectivity index (χ2v) is 4.43. The first-order valence-corrected chi connectivity index (χ1v) is 4.39. The molecular formula is C9H20ClNO. The van der Waals surface area contributed by atoms with Crippen molar-refractivity contribution in [2.24, 2.45) is 11.7 Å². The first kappa shape index (κ1) is 12.2. The van der Waals surface area contributed by atoms with E-state index in [1.165, 1.54) is 0 Å². The van der Waals surface area contributed by atoms with Crippen molar-refractivity contribution in [3.8, 4) is 0 Å². The number of rotatable bonds is 2. The van der Waals surface area contributed by atoms with Crippen molar-refractivity contribution in [2.75, 3.05) is 6.54 Å². The number of hydrogen-bond acceptors (Lipinski definition) is 2. The molecule has 0 aromatic heterocycles. The summed E-state index contributed by atoms with van der Waals surface area (Å²) in [5.41, 5.74) is 5.52. The summed E-state index contributed by atoms with van der Waals surface area (Å²) in [4.78, 5) is 0. The van der Waals surface area contributed by atoms with Crippen molar-refractivity contribution < 1.29 is 4.74 Å². The van der Waals surface area contributed by atoms with E-state index in [1.807, 2.05) is 0 Å². The minimum Gasteiger partial charge on any atom is -0.373 e. The summed E-state index contributed by atoms with van der Waals surface area (Å²) >= 11 is 0. The van der Waals surface area contributed by atoms with Crippen LogP contribution in [-0.4, -0.2) is 18.2 Å². The highest BCUT2D eigenvalue weighted by molar-refractivity contribution is 5.85. The Balaban J connectivity index is 0.00000121. The molecule has 3 heteroatoms. The van der Waals surface area contributed by atoms with E-state index >= 15 is 0 Å². The van der Waals surface area contributed by atoms with Crippen LogP contribution in [0.5, 0.6) is 0 Å². The summed E-state index contributed by atoms with van der Waals surface area (Å²) in [6.07, 6.45) is 2.80. The van der Waals surface area contributed by atoms with E-state index in [1.54, 1.807) is 0 Å². The maximum absolute atomic E-state index is 5.75. The molecular weight excluding hydrogens is 174 g/mol. The highest BCUT2D eigenvalue weighted by Crippen LogP contribution is 2.31. The minimum atomic E-state index is 0. The molecule has 2 N–H and O–H groups in total. The third-order valence-corrected chi connectivity index (χ3v) is 2.05. The predicted molar refractivity (Wildman–Crippen MR) is 53.7 cm³/mol. The van der Waals surface area contributed by atoms with Crippen LogP contribution in [0.2, 0.25) is 0 Å². The lowest BCUT2D eigenvalue weighted by atomic mass is 9.82. The van der Waals surface area contributed by atoms with Gasteiger partial charge >= 0.3 is 0 Å². The fourth-order valence-corrected chi connectivity index (χ4v) is 1.46. The van der Waals surface area contributed by atoms with Gasteiger partial charge in [0.05, 0.1) is 11.7 Å². The molecule has 0 heterocycles. The molecule has 0 saturated heterocycles. The Morgan fingerprint density at radius 3 is 2.17 bits per heavy atom. The Labute approximate surface area is 81.3 Å². The van der Waals surface area contributed by atoms with E-state index in [9.17, 15) is 0 Å². The Hall–Kier alpha value is 0.210. The molecule has 1 rings (SSSR count). The summed E-state index contributed by atoms with van der Waals surface area (Å²) in [6.45, 7) is 7.12. The van der Waals surface area contributed by atoms with Crippen LogP contribution < -0.4 is 5.73 Å². The lowest BCUT2D eigenvalue weighted by Gasteiger charge is -2.38. The van der Waals surface area contributed by atoms with Gasteiger partial charge in [0.2, 0.25) is 0 Å². The zero-order valence-electron chi connectivity index (χ0n) is 8.17. The molecule has 12 heavy (non-hydrogen) atoms. The lowest BCUT2D eigenvalue weighted by molar-refractivity contribution is -0.110. The first-order chi connectivity index (χ1) is 5.01. The van der Waals surface area contributed by atoms with Crippen molar-refractivity contribution in [3.63, 3.8) is 0 Å². The van der Waals surface area contributed by atoms with Crippen LogP contribution >= 0.6 is 12.4 Å². The minimum absolute atomic E-state index is 0. The zero-order valence-corrected chi connectivity index (χ0v) is 8.99. The van der Waals surface area contributed by atoms with Crippen LogP contribution in [0.3, 0.4) is 0 Å². The highest BCUT2D eigenvalue weighted by Gasteiger charge is 2.31. The van der Waals surface area contributed by atoms with Gasteiger partial charge in [-0.15, -0.1) is 12.4 Å². The molecule has 0 amide bonds. The molecule has 1 aliphatic rings. The summed E-state index contributed by atoms with van der Waals surface area (Å²) in [7, 11) is 0. The third kappa shape index (κ3) is 3.74. The lowest BCUT2D eigenvalue weighted by Crippen LogP contribution is -2.40. The van der Waals surface area contributed by atoms with Gasteiger partial charge in [-0.3, -0.25) is 0 Å². The van der Waals surface area contributed by atoms with E-state index in [0.717, 1.165) is 25.3 Å². The molecule has 0 unspecified atom stereocenters. The Morgan fingerprint density at radius 2 is 1.83 bits per heavy atom. The van der Waals surface area contributed by atoms with E-state index in [4.69, 9.17) is 10.5 Å². The maximum atomic E-state index is 5.75. The molecule has 0 radical (unpaired) electrons. The average molecular weight is 194 g/mol. The molecule has 0 atom stereocenters. The van der Waals surface area contributed by atoms with Gasteiger partial charge in [-0.2, -0.15) is 0 Å². The van der Waals surface area contributed by atoms with Crippen molar-refractivity contribution >= 4 is 12.4 Å². The molecule has 0 aromatic rings. The summed E-state index contributed by atoms with van der Waals surface area (Å²) < 4.78 is 5.75. The molecule has 74 valence electrons. The standard InChI is InChI=1S/C9H19NO.ClH/c1-9(2,3)11-8-4-7(5-8)6-10;/h7-8H,4-6,10H2,1-3H3;1H. The Bertz CT molecular complexity index is 127. The van der Waals surface area contributed by atoms with Gasteiger partial charge in [-0.25, -0.2) is 0 Å². The fourth-order valence-electron chi connectivity index (χ4n) is 1.46. The van der Waals surface area contributed by atoms with Gasteiger partial charge in [0.25, 0.3) is 0 Å². The number of ether oxygens (including phenoxy) is 1. The first-order valence-electron chi connectivity index (χ1n) is 4.39. The number of nitrogens with two attached hydrogens (primary N) is 1. The average Bonchev–Trinajstić information content (AvgIpc) is 1.75. The van der Waals surface area contributed by atoms with Crippen LogP contribution in [0, 0.1) is 5.92 Å². The highest BCUT2D eigenvalue weighted by atomic mass is 35.5. The van der Waals surface area contributed by atoms with E-state index in [0.29, 0.717) is 6.10 Å². The summed E-state index contributed by atoms with van der Waals surface area (Å²) in [6, 6.07) is 0. The van der Waals surface area contributed by atoms with E-state index in [-0.39, 0.29) is 18.0 Å². The number of hydrogen-bond donors (Lipinski definition) is 1. The zero-order chi connectivity index (χ0) is 8.48. The van der Waals surface area contributed by atoms with Gasteiger partial charge in [-0.05, 0) is 46.1 Å². The molecule has 1 saturated carbocycles. The Morgan fingerprint density at radius 1 is 1.33 bits per heavy atom. The smallest absolute Gasteiger partial charge is 0.0602 e. The van der Waals surface area contributed by atoms with Crippen molar-refractivity contribution in [1.29, 1.82) is 0 Å². The largest absolute Gasteiger partial charge is 0.373 e. The summed E-state index contributed by atoms with van der Waals surface area (Å²) in [5, 5.41) is 0. The molecule has 0 bridgehead atoms. The van der Waals surface area contributed by atoms with Crippen molar-refractivity contribution in [3.05, 3.63) is 0 Å².